The van der Waals surface area contributed by atoms with E-state index in [4.69, 9.17) is 14.5 Å². The number of pyridine rings is 1. The van der Waals surface area contributed by atoms with E-state index in [1.807, 2.05) is 52.8 Å². The third kappa shape index (κ3) is 5.93. The highest BCUT2D eigenvalue weighted by molar-refractivity contribution is 7.18. The van der Waals surface area contributed by atoms with E-state index in [-0.39, 0.29) is 18.2 Å². The topological polar surface area (TPSA) is 89.5 Å². The molecule has 8 nitrogen and oxygen atoms in total. The molecule has 1 aliphatic heterocycles. The van der Waals surface area contributed by atoms with Crippen molar-refractivity contribution in [3.63, 3.8) is 0 Å². The summed E-state index contributed by atoms with van der Waals surface area (Å²) in [5.74, 6) is 0.636. The maximum atomic E-state index is 12.1. The number of hydrogen-bond acceptors (Lipinski definition) is 8. The van der Waals surface area contributed by atoms with Crippen LogP contribution < -0.4 is 15.0 Å². The van der Waals surface area contributed by atoms with Gasteiger partial charge in [-0.05, 0) is 70.7 Å². The van der Waals surface area contributed by atoms with Crippen LogP contribution in [0.15, 0.2) is 42.5 Å². The number of benzene rings is 1. The van der Waals surface area contributed by atoms with Crippen LogP contribution in [-0.2, 0) is 11.2 Å². The number of nitrogens with one attached hydrogen (secondary N) is 1. The van der Waals surface area contributed by atoms with Gasteiger partial charge in [-0.25, -0.2) is 9.78 Å². The molecule has 3 aromatic rings. The average Bonchev–Trinajstić information content (AvgIpc) is 3.56. The Morgan fingerprint density at radius 3 is 2.81 bits per heavy atom. The zero-order chi connectivity index (χ0) is 26.2. The molecule has 1 aliphatic carbocycles. The van der Waals surface area contributed by atoms with E-state index in [1.54, 1.807) is 11.3 Å². The number of alkyl carbamates (subject to hydrolysis) is 1. The molecule has 0 bridgehead atoms. The van der Waals surface area contributed by atoms with Crippen LogP contribution >= 0.6 is 11.3 Å². The third-order valence-electron chi connectivity index (χ3n) is 6.12. The van der Waals surface area contributed by atoms with E-state index < -0.39 is 5.60 Å². The third-order valence-corrected chi connectivity index (χ3v) is 7.16. The summed E-state index contributed by atoms with van der Waals surface area (Å²) >= 11 is 1.57. The van der Waals surface area contributed by atoms with Crippen LogP contribution in [0.2, 0.25) is 0 Å². The molecule has 1 saturated heterocycles. The standard InChI is InChI=1S/C28H33N5O3S/c1-17(2)35-24-8-6-7-23(30-24)21-12-11-18-9-10-19(15-22(18)21)25-31-32-26(37-25)33-14-13-20(16-33)29-27(34)36-28(3,4)5/h6-10,12,15,17,20H,11,13-14,16H2,1-5H3,(H,29,34)/t20-/m0/s1. The van der Waals surface area contributed by atoms with Gasteiger partial charge in [0.25, 0.3) is 0 Å². The van der Waals surface area contributed by atoms with Gasteiger partial charge in [-0.2, -0.15) is 0 Å². The van der Waals surface area contributed by atoms with E-state index in [0.717, 1.165) is 46.4 Å². The highest BCUT2D eigenvalue weighted by Gasteiger charge is 2.28. The quantitative estimate of drug-likeness (QED) is 0.461. The molecule has 2 aliphatic rings. The number of nitrogens with zero attached hydrogens (tertiary/aromatic N) is 4. The number of allylic oxidation sites excluding steroid dienone is 1. The highest BCUT2D eigenvalue weighted by atomic mass is 32.1. The zero-order valence-corrected chi connectivity index (χ0v) is 22.8. The van der Waals surface area contributed by atoms with Gasteiger partial charge in [-0.3, -0.25) is 0 Å². The van der Waals surface area contributed by atoms with Gasteiger partial charge in [0, 0.05) is 30.3 Å². The van der Waals surface area contributed by atoms with Crippen LogP contribution in [0.3, 0.4) is 0 Å². The van der Waals surface area contributed by atoms with E-state index >= 15 is 0 Å². The fourth-order valence-electron chi connectivity index (χ4n) is 4.56. The van der Waals surface area contributed by atoms with Crippen LogP contribution in [-0.4, -0.2) is 52.1 Å². The Balaban J connectivity index is 1.29. The molecule has 37 heavy (non-hydrogen) atoms. The summed E-state index contributed by atoms with van der Waals surface area (Å²) in [6, 6.07) is 12.4. The lowest BCUT2D eigenvalue weighted by molar-refractivity contribution is 0.0509. The summed E-state index contributed by atoms with van der Waals surface area (Å²) in [7, 11) is 0. The van der Waals surface area contributed by atoms with Crippen molar-refractivity contribution in [1.82, 2.24) is 20.5 Å². The van der Waals surface area contributed by atoms with Gasteiger partial charge in [-0.1, -0.05) is 35.6 Å². The molecular formula is C28H33N5O3S. The van der Waals surface area contributed by atoms with Gasteiger partial charge in [0.15, 0.2) is 0 Å². The molecule has 0 unspecified atom stereocenters. The molecule has 0 spiro atoms. The predicted octanol–water partition coefficient (Wildman–Crippen LogP) is 5.48. The smallest absolute Gasteiger partial charge is 0.407 e. The van der Waals surface area contributed by atoms with Crippen LogP contribution in [0.4, 0.5) is 9.93 Å². The maximum Gasteiger partial charge on any atom is 0.407 e. The molecule has 5 rings (SSSR count). The lowest BCUT2D eigenvalue weighted by atomic mass is 10.0. The Hall–Kier alpha value is -3.46. The molecule has 194 valence electrons. The number of carbonyl (C=O) groups is 1. The minimum atomic E-state index is -0.512. The molecular weight excluding hydrogens is 486 g/mol. The zero-order valence-electron chi connectivity index (χ0n) is 21.9. The first-order valence-electron chi connectivity index (χ1n) is 12.7. The van der Waals surface area contributed by atoms with Crippen molar-refractivity contribution in [3.8, 4) is 16.5 Å². The molecule has 1 amide bonds. The van der Waals surface area contributed by atoms with Crippen LogP contribution in [0.25, 0.3) is 16.1 Å². The van der Waals surface area contributed by atoms with Crippen LogP contribution in [0, 0.1) is 0 Å². The first-order chi connectivity index (χ1) is 17.6. The Morgan fingerprint density at radius 2 is 2.03 bits per heavy atom. The number of anilines is 1. The number of ether oxygens (including phenoxy) is 2. The second-order valence-corrected chi connectivity index (χ2v) is 11.6. The summed E-state index contributed by atoms with van der Waals surface area (Å²) in [6.07, 6.45) is 3.64. The lowest BCUT2D eigenvalue weighted by Gasteiger charge is -2.21. The summed E-state index contributed by atoms with van der Waals surface area (Å²) in [5, 5.41) is 13.7. The van der Waals surface area contributed by atoms with Crippen LogP contribution in [0.1, 0.15) is 57.9 Å². The van der Waals surface area contributed by atoms with Gasteiger partial charge in [0.1, 0.15) is 10.6 Å². The van der Waals surface area contributed by atoms with E-state index in [0.29, 0.717) is 12.4 Å². The molecule has 1 fully saturated rings. The van der Waals surface area contributed by atoms with Gasteiger partial charge < -0.3 is 19.7 Å². The van der Waals surface area contributed by atoms with Crippen molar-refractivity contribution in [2.45, 2.75) is 65.2 Å². The van der Waals surface area contributed by atoms with Gasteiger partial charge in [-0.15, -0.1) is 10.2 Å². The molecule has 1 aromatic carbocycles. The second kappa shape index (κ2) is 10.1. The summed E-state index contributed by atoms with van der Waals surface area (Å²) in [4.78, 5) is 19.1. The summed E-state index contributed by atoms with van der Waals surface area (Å²) in [6.45, 7) is 11.1. The molecule has 3 heterocycles. The predicted molar refractivity (Wildman–Crippen MR) is 146 cm³/mol. The van der Waals surface area contributed by atoms with E-state index in [9.17, 15) is 4.79 Å². The maximum absolute atomic E-state index is 12.1. The highest BCUT2D eigenvalue weighted by Crippen LogP contribution is 2.37. The Kier molecular flexibility index (Phi) is 6.90. The Bertz CT molecular complexity index is 1330. The Morgan fingerprint density at radius 1 is 1.19 bits per heavy atom. The van der Waals surface area contributed by atoms with Gasteiger partial charge >= 0.3 is 6.09 Å². The van der Waals surface area contributed by atoms with Crippen molar-refractivity contribution in [1.29, 1.82) is 0 Å². The minimum Gasteiger partial charge on any atom is -0.475 e. The number of carbonyl (C=O) groups excluding carboxylic acids is 1. The van der Waals surface area contributed by atoms with Gasteiger partial charge in [0.2, 0.25) is 11.0 Å². The van der Waals surface area contributed by atoms with Gasteiger partial charge in [0.05, 0.1) is 17.8 Å². The minimum absolute atomic E-state index is 0.0258. The molecule has 1 atom stereocenters. The van der Waals surface area contributed by atoms with Crippen molar-refractivity contribution in [2.24, 2.45) is 0 Å². The van der Waals surface area contributed by atoms with Crippen molar-refractivity contribution >= 4 is 28.1 Å². The fraction of sp³-hybridized carbons (Fsp3) is 0.429. The first-order valence-corrected chi connectivity index (χ1v) is 13.5. The number of rotatable bonds is 6. The number of hydrogen-bond donors (Lipinski definition) is 1. The fourth-order valence-corrected chi connectivity index (χ4v) is 5.44. The van der Waals surface area contributed by atoms with E-state index in [2.05, 4.69) is 44.7 Å². The second-order valence-electron chi connectivity index (χ2n) is 10.7. The number of fused-ring (bicyclic) bond motifs is 1. The SMILES string of the molecule is CC(C)Oc1cccc(C2=CCc3ccc(-c4nnc(N5CC[C@H](NC(=O)OC(C)(C)C)C5)s4)cc32)n1. The van der Waals surface area contributed by atoms with Crippen molar-refractivity contribution < 1.29 is 14.3 Å². The Labute approximate surface area is 221 Å². The normalized spacial score (nSPS) is 17.1. The molecule has 9 heteroatoms. The van der Waals surface area contributed by atoms with E-state index in [1.165, 1.54) is 11.1 Å². The average molecular weight is 520 g/mol. The summed E-state index contributed by atoms with van der Waals surface area (Å²) in [5.41, 5.74) is 5.00. The monoisotopic (exact) mass is 519 g/mol. The first kappa shape index (κ1) is 25.2. The molecule has 0 saturated carbocycles. The molecule has 1 N–H and O–H groups in total. The van der Waals surface area contributed by atoms with Crippen molar-refractivity contribution in [3.05, 3.63) is 59.3 Å². The number of aromatic nitrogens is 3. The van der Waals surface area contributed by atoms with Crippen molar-refractivity contribution in [2.75, 3.05) is 18.0 Å². The molecule has 2 aromatic heterocycles. The van der Waals surface area contributed by atoms with Crippen LogP contribution in [0.5, 0.6) is 5.88 Å². The number of amides is 1. The molecule has 0 radical (unpaired) electrons. The lowest BCUT2D eigenvalue weighted by Crippen LogP contribution is -2.40. The largest absolute Gasteiger partial charge is 0.475 e. The summed E-state index contributed by atoms with van der Waals surface area (Å²) < 4.78 is 11.2.